The van der Waals surface area contributed by atoms with E-state index >= 15 is 0 Å². The van der Waals surface area contributed by atoms with Crippen LogP contribution in [0.3, 0.4) is 0 Å². The molecule has 3 rings (SSSR count). The Morgan fingerprint density at radius 3 is 2.75 bits per heavy atom. The van der Waals surface area contributed by atoms with Crippen molar-refractivity contribution in [3.05, 3.63) is 64.7 Å². The maximum Gasteiger partial charge on any atom is 0.289 e. The van der Waals surface area contributed by atoms with Gasteiger partial charge in [-0.1, -0.05) is 37.1 Å². The second-order valence-corrected chi connectivity index (χ2v) is 7.09. The number of benzene rings is 1. The van der Waals surface area contributed by atoms with Crippen LogP contribution in [-0.2, 0) is 0 Å². The van der Waals surface area contributed by atoms with E-state index in [1.54, 1.807) is 52.9 Å². The Hall–Kier alpha value is -2.86. The molecule has 1 aromatic carbocycles. The first kappa shape index (κ1) is 19.9. The van der Waals surface area contributed by atoms with Crippen LogP contribution in [0, 0.1) is 6.92 Å². The minimum atomic E-state index is -0.385. The van der Waals surface area contributed by atoms with Gasteiger partial charge in [-0.05, 0) is 43.2 Å². The molecule has 6 nitrogen and oxygen atoms in total. The molecule has 0 unspecified atom stereocenters. The maximum atomic E-state index is 12.9. The summed E-state index contributed by atoms with van der Waals surface area (Å²) in [6.07, 6.45) is 3.64. The number of pyridine rings is 1. The molecule has 0 saturated heterocycles. The number of anilines is 1. The van der Waals surface area contributed by atoms with Crippen LogP contribution >= 0.6 is 11.6 Å². The average molecular weight is 399 g/mol. The van der Waals surface area contributed by atoms with Crippen molar-refractivity contribution in [2.45, 2.75) is 26.7 Å². The van der Waals surface area contributed by atoms with E-state index in [1.807, 2.05) is 13.0 Å². The molecule has 146 valence electrons. The predicted octanol–water partition coefficient (Wildman–Crippen LogP) is 4.42. The summed E-state index contributed by atoms with van der Waals surface area (Å²) < 4.78 is 1.66. The van der Waals surface area contributed by atoms with Gasteiger partial charge in [-0.3, -0.25) is 14.0 Å². The topological polar surface area (TPSA) is 66.7 Å². The number of carbonyl (C=O) groups excluding carboxylic acids is 2. The van der Waals surface area contributed by atoms with Crippen molar-refractivity contribution in [2.24, 2.45) is 0 Å². The number of halogens is 1. The summed E-state index contributed by atoms with van der Waals surface area (Å²) in [5.41, 5.74) is 2.17. The van der Waals surface area contributed by atoms with Gasteiger partial charge >= 0.3 is 0 Å². The van der Waals surface area contributed by atoms with Crippen molar-refractivity contribution in [3.63, 3.8) is 0 Å². The minimum absolute atomic E-state index is 0.201. The Balaban J connectivity index is 1.97. The summed E-state index contributed by atoms with van der Waals surface area (Å²) in [6.45, 7) is 4.55. The molecule has 0 aliphatic heterocycles. The molecule has 0 aliphatic carbocycles. The van der Waals surface area contributed by atoms with Crippen LogP contribution in [0.15, 0.2) is 42.6 Å². The molecule has 0 fully saturated rings. The van der Waals surface area contributed by atoms with Gasteiger partial charge in [0.1, 0.15) is 0 Å². The van der Waals surface area contributed by atoms with Crippen molar-refractivity contribution < 1.29 is 9.59 Å². The quantitative estimate of drug-likeness (QED) is 0.668. The third kappa shape index (κ3) is 3.87. The highest BCUT2D eigenvalue weighted by Gasteiger charge is 2.23. The van der Waals surface area contributed by atoms with Crippen molar-refractivity contribution in [2.75, 3.05) is 18.9 Å². The third-order valence-electron chi connectivity index (χ3n) is 4.66. The number of fused-ring (bicyclic) bond motifs is 1. The number of nitrogens with one attached hydrogen (secondary N) is 1. The summed E-state index contributed by atoms with van der Waals surface area (Å²) in [7, 11) is 1.75. The van der Waals surface area contributed by atoms with Crippen molar-refractivity contribution in [1.82, 2.24) is 14.3 Å². The van der Waals surface area contributed by atoms with Crippen LogP contribution in [0.4, 0.5) is 5.69 Å². The summed E-state index contributed by atoms with van der Waals surface area (Å²) in [5.74, 6) is -0.376. The first-order valence-corrected chi connectivity index (χ1v) is 9.60. The lowest BCUT2D eigenvalue weighted by atomic mass is 10.2. The minimum Gasteiger partial charge on any atom is -0.339 e. The fourth-order valence-electron chi connectivity index (χ4n) is 2.95. The van der Waals surface area contributed by atoms with Crippen LogP contribution in [0.5, 0.6) is 0 Å². The molecule has 0 atom stereocenters. The summed E-state index contributed by atoms with van der Waals surface area (Å²) >= 11 is 6.14. The number of nitrogens with zero attached hydrogens (tertiary/aromatic N) is 3. The monoisotopic (exact) mass is 398 g/mol. The number of unbranched alkanes of at least 4 members (excludes halogenated alkanes) is 1. The number of hydrogen-bond donors (Lipinski definition) is 1. The normalized spacial score (nSPS) is 10.9. The van der Waals surface area contributed by atoms with Gasteiger partial charge in [-0.15, -0.1) is 0 Å². The smallest absolute Gasteiger partial charge is 0.289 e. The highest BCUT2D eigenvalue weighted by atomic mass is 35.5. The molecule has 0 spiro atoms. The third-order valence-corrected chi connectivity index (χ3v) is 5.07. The first-order chi connectivity index (χ1) is 13.4. The molecule has 0 bridgehead atoms. The molecule has 7 heteroatoms. The molecular formula is C21H23ClN4O2. The number of aromatic nitrogens is 2. The fourth-order valence-corrected chi connectivity index (χ4v) is 3.12. The zero-order valence-electron chi connectivity index (χ0n) is 16.2. The second kappa shape index (κ2) is 8.44. The standard InChI is InChI=1S/C21H23ClN4O2/c1-4-5-12-25(3)21(28)19-24-18(17-11-6-7-13-26(17)19)20(27)23-16-10-8-9-15(22)14(16)2/h6-11,13H,4-5,12H2,1-3H3,(H,23,27). The van der Waals surface area contributed by atoms with Crippen molar-refractivity contribution in [1.29, 1.82) is 0 Å². The van der Waals surface area contributed by atoms with Crippen molar-refractivity contribution >= 4 is 34.6 Å². The summed E-state index contributed by atoms with van der Waals surface area (Å²) in [4.78, 5) is 31.8. The molecule has 1 N–H and O–H groups in total. The lowest BCUT2D eigenvalue weighted by Crippen LogP contribution is -2.29. The fraction of sp³-hybridized carbons (Fsp3) is 0.286. The number of carbonyl (C=O) groups is 2. The average Bonchev–Trinajstić information content (AvgIpc) is 3.09. The lowest BCUT2D eigenvalue weighted by Gasteiger charge is -2.15. The molecule has 0 saturated carbocycles. The number of hydrogen-bond acceptors (Lipinski definition) is 3. The first-order valence-electron chi connectivity index (χ1n) is 9.23. The van der Waals surface area contributed by atoms with Gasteiger partial charge in [0, 0.05) is 30.5 Å². The maximum absolute atomic E-state index is 12.9. The van der Waals surface area contributed by atoms with E-state index in [9.17, 15) is 9.59 Å². The molecule has 2 heterocycles. The van der Waals surface area contributed by atoms with Gasteiger partial charge in [-0.2, -0.15) is 0 Å². The number of rotatable bonds is 6. The van der Waals surface area contributed by atoms with Gasteiger partial charge in [0.25, 0.3) is 11.8 Å². The van der Waals surface area contributed by atoms with E-state index in [4.69, 9.17) is 11.6 Å². The van der Waals surface area contributed by atoms with Gasteiger partial charge < -0.3 is 10.2 Å². The predicted molar refractivity (Wildman–Crippen MR) is 111 cm³/mol. The molecule has 3 aromatic rings. The van der Waals surface area contributed by atoms with Gasteiger partial charge in [-0.25, -0.2) is 4.98 Å². The van der Waals surface area contributed by atoms with E-state index < -0.39 is 0 Å². The SMILES string of the molecule is CCCCN(C)C(=O)c1nc(C(=O)Nc2cccc(Cl)c2C)c2ccccn12. The van der Waals surface area contributed by atoms with Gasteiger partial charge in [0.15, 0.2) is 5.69 Å². The van der Waals surface area contributed by atoms with Crippen LogP contribution < -0.4 is 5.32 Å². The highest BCUT2D eigenvalue weighted by molar-refractivity contribution is 6.31. The Kier molecular flexibility index (Phi) is 5.99. The summed E-state index contributed by atoms with van der Waals surface area (Å²) in [5, 5.41) is 3.42. The van der Waals surface area contributed by atoms with E-state index in [0.29, 0.717) is 22.8 Å². The van der Waals surface area contributed by atoms with Gasteiger partial charge in [0.05, 0.1) is 5.52 Å². The molecule has 0 aliphatic rings. The zero-order valence-corrected chi connectivity index (χ0v) is 17.0. The van der Waals surface area contributed by atoms with E-state index in [0.717, 1.165) is 18.4 Å². The van der Waals surface area contributed by atoms with Crippen LogP contribution in [-0.4, -0.2) is 39.7 Å². The zero-order chi connectivity index (χ0) is 20.3. The van der Waals surface area contributed by atoms with Crippen LogP contribution in [0.1, 0.15) is 46.4 Å². The molecular weight excluding hydrogens is 376 g/mol. The van der Waals surface area contributed by atoms with E-state index in [1.165, 1.54) is 0 Å². The van der Waals surface area contributed by atoms with Crippen molar-refractivity contribution in [3.8, 4) is 0 Å². The Morgan fingerprint density at radius 2 is 2.00 bits per heavy atom. The summed E-state index contributed by atoms with van der Waals surface area (Å²) in [6, 6.07) is 10.7. The molecule has 28 heavy (non-hydrogen) atoms. The Morgan fingerprint density at radius 1 is 1.21 bits per heavy atom. The molecule has 2 amide bonds. The number of amides is 2. The largest absolute Gasteiger partial charge is 0.339 e. The Labute approximate surface area is 169 Å². The van der Waals surface area contributed by atoms with Gasteiger partial charge in [0.2, 0.25) is 5.82 Å². The Bertz CT molecular complexity index is 1030. The molecule has 2 aromatic heterocycles. The lowest BCUT2D eigenvalue weighted by molar-refractivity contribution is 0.0780. The highest BCUT2D eigenvalue weighted by Crippen LogP contribution is 2.24. The number of imidazole rings is 1. The van der Waals surface area contributed by atoms with E-state index in [2.05, 4.69) is 17.2 Å². The molecule has 0 radical (unpaired) electrons. The van der Waals surface area contributed by atoms with Crippen LogP contribution in [0.2, 0.25) is 5.02 Å². The van der Waals surface area contributed by atoms with Crippen LogP contribution in [0.25, 0.3) is 5.52 Å². The second-order valence-electron chi connectivity index (χ2n) is 6.69. The van der Waals surface area contributed by atoms with E-state index in [-0.39, 0.29) is 23.3 Å².